The van der Waals surface area contributed by atoms with Crippen LogP contribution in [0.5, 0.6) is 0 Å². The van der Waals surface area contributed by atoms with Gasteiger partial charge in [0.25, 0.3) is 5.91 Å². The number of nitrogens with one attached hydrogen (secondary N) is 1. The van der Waals surface area contributed by atoms with Crippen LogP contribution in [0.1, 0.15) is 34.3 Å². The van der Waals surface area contributed by atoms with E-state index < -0.39 is 23.8 Å². The molecule has 1 saturated heterocycles. The summed E-state index contributed by atoms with van der Waals surface area (Å²) in [5, 5.41) is 12.2. The van der Waals surface area contributed by atoms with Gasteiger partial charge in [0.2, 0.25) is 0 Å². The molecule has 0 radical (unpaired) electrons. The first-order valence-electron chi connectivity index (χ1n) is 8.96. The van der Waals surface area contributed by atoms with E-state index in [1.54, 1.807) is 23.1 Å². The number of hydrogen-bond acceptors (Lipinski definition) is 4. The molecule has 5 nitrogen and oxygen atoms in total. The van der Waals surface area contributed by atoms with E-state index in [0.29, 0.717) is 43.0 Å². The molecule has 0 atom stereocenters. The van der Waals surface area contributed by atoms with Crippen LogP contribution in [0.2, 0.25) is 0 Å². The number of alkyl halides is 3. The largest absolute Gasteiger partial charge is 0.416 e. The number of hydrogen-bond donors (Lipinski definition) is 3. The van der Waals surface area contributed by atoms with Gasteiger partial charge in [-0.1, -0.05) is 6.07 Å². The van der Waals surface area contributed by atoms with Gasteiger partial charge in [-0.15, -0.1) is 0 Å². The van der Waals surface area contributed by atoms with Crippen molar-refractivity contribution in [2.75, 3.05) is 29.0 Å². The van der Waals surface area contributed by atoms with E-state index in [1.807, 2.05) is 6.92 Å². The van der Waals surface area contributed by atoms with Gasteiger partial charge in [0, 0.05) is 35.7 Å². The molecule has 1 heterocycles. The molecule has 2 aromatic carbocycles. The zero-order valence-electron chi connectivity index (χ0n) is 15.4. The highest BCUT2D eigenvalue weighted by molar-refractivity contribution is 6.05. The number of amides is 1. The molecule has 2 aromatic rings. The molecule has 0 aliphatic carbocycles. The van der Waals surface area contributed by atoms with E-state index in [9.17, 15) is 23.1 Å². The van der Waals surface area contributed by atoms with Gasteiger partial charge in [-0.3, -0.25) is 4.79 Å². The van der Waals surface area contributed by atoms with Crippen LogP contribution in [0.4, 0.5) is 30.2 Å². The van der Waals surface area contributed by atoms with Crippen molar-refractivity contribution in [1.29, 1.82) is 0 Å². The van der Waals surface area contributed by atoms with Gasteiger partial charge in [0.15, 0.2) is 0 Å². The number of nitrogens with zero attached hydrogens (tertiary/aromatic N) is 1. The number of aliphatic hydroxyl groups is 1. The fraction of sp³-hybridized carbons (Fsp3) is 0.350. The standard InChI is InChI=1S/C20H22F3N3O2/c1-12-2-3-15(11-18(12)24)25-19(28)13-8-14(20(21,22)23)10-16(9-13)26-6-4-17(27)5-7-26/h2-3,8-11,17,27H,4-7,24H2,1H3,(H,25,28). The molecule has 0 bridgehead atoms. The Labute approximate surface area is 161 Å². The number of carbonyl (C=O) groups excluding carboxylic acids is 1. The van der Waals surface area contributed by atoms with E-state index in [0.717, 1.165) is 17.7 Å². The normalized spacial score (nSPS) is 15.5. The lowest BCUT2D eigenvalue weighted by Gasteiger charge is -2.32. The number of aryl methyl sites for hydroxylation is 1. The van der Waals surface area contributed by atoms with Crippen molar-refractivity contribution < 1.29 is 23.1 Å². The second-order valence-electron chi connectivity index (χ2n) is 7.01. The highest BCUT2D eigenvalue weighted by Crippen LogP contribution is 2.34. The first kappa shape index (κ1) is 20.0. The second-order valence-corrected chi connectivity index (χ2v) is 7.01. The fourth-order valence-electron chi connectivity index (χ4n) is 3.13. The van der Waals surface area contributed by atoms with Crippen molar-refractivity contribution in [2.24, 2.45) is 0 Å². The van der Waals surface area contributed by atoms with Crippen LogP contribution in [-0.2, 0) is 6.18 Å². The number of nitrogen functional groups attached to an aromatic ring is 1. The lowest BCUT2D eigenvalue weighted by atomic mass is 10.0. The van der Waals surface area contributed by atoms with Gasteiger partial charge in [-0.05, 0) is 55.7 Å². The predicted molar refractivity (Wildman–Crippen MR) is 102 cm³/mol. The molecule has 1 amide bonds. The Morgan fingerprint density at radius 2 is 1.86 bits per heavy atom. The third-order valence-corrected chi connectivity index (χ3v) is 4.87. The van der Waals surface area contributed by atoms with Gasteiger partial charge in [0.05, 0.1) is 11.7 Å². The maximum Gasteiger partial charge on any atom is 0.416 e. The Morgan fingerprint density at radius 1 is 1.18 bits per heavy atom. The van der Waals surface area contributed by atoms with Crippen molar-refractivity contribution in [3.63, 3.8) is 0 Å². The van der Waals surface area contributed by atoms with Gasteiger partial charge >= 0.3 is 6.18 Å². The predicted octanol–water partition coefficient (Wildman–Crippen LogP) is 3.81. The molecule has 4 N–H and O–H groups in total. The van der Waals surface area contributed by atoms with Gasteiger partial charge in [0.1, 0.15) is 0 Å². The van der Waals surface area contributed by atoms with Crippen molar-refractivity contribution in [3.05, 3.63) is 53.1 Å². The van der Waals surface area contributed by atoms with E-state index in [1.165, 1.54) is 6.07 Å². The highest BCUT2D eigenvalue weighted by atomic mass is 19.4. The van der Waals surface area contributed by atoms with E-state index in [-0.39, 0.29) is 5.56 Å². The summed E-state index contributed by atoms with van der Waals surface area (Å²) in [5.41, 5.74) is 6.90. The van der Waals surface area contributed by atoms with Crippen LogP contribution in [0.15, 0.2) is 36.4 Å². The van der Waals surface area contributed by atoms with Gasteiger partial charge < -0.3 is 21.1 Å². The minimum absolute atomic E-state index is 0.0879. The van der Waals surface area contributed by atoms with E-state index in [2.05, 4.69) is 5.32 Å². The molecule has 0 aromatic heterocycles. The van der Waals surface area contributed by atoms with Crippen LogP contribution in [0.25, 0.3) is 0 Å². The minimum atomic E-state index is -4.57. The Kier molecular flexibility index (Phi) is 5.51. The number of benzene rings is 2. The lowest BCUT2D eigenvalue weighted by Crippen LogP contribution is -2.36. The molecule has 0 saturated carbocycles. The zero-order valence-corrected chi connectivity index (χ0v) is 15.4. The summed E-state index contributed by atoms with van der Waals surface area (Å²) >= 11 is 0. The Morgan fingerprint density at radius 3 is 2.46 bits per heavy atom. The quantitative estimate of drug-likeness (QED) is 0.693. The molecule has 0 unspecified atom stereocenters. The number of rotatable bonds is 3. The van der Waals surface area contributed by atoms with Crippen LogP contribution in [-0.4, -0.2) is 30.2 Å². The summed E-state index contributed by atoms with van der Waals surface area (Å²) in [6.07, 6.45) is -4.08. The fourth-order valence-corrected chi connectivity index (χ4v) is 3.13. The van der Waals surface area contributed by atoms with Crippen LogP contribution in [0, 0.1) is 6.92 Å². The number of aliphatic hydroxyl groups excluding tert-OH is 1. The van der Waals surface area contributed by atoms with Crippen molar-refractivity contribution >= 4 is 23.0 Å². The summed E-state index contributed by atoms with van der Waals surface area (Å²) in [6, 6.07) is 8.26. The monoisotopic (exact) mass is 393 g/mol. The Bertz CT molecular complexity index is 875. The topological polar surface area (TPSA) is 78.6 Å². The molecule has 0 spiro atoms. The van der Waals surface area contributed by atoms with Gasteiger partial charge in [-0.2, -0.15) is 13.2 Å². The summed E-state index contributed by atoms with van der Waals surface area (Å²) in [5.74, 6) is -0.646. The van der Waals surface area contributed by atoms with Crippen molar-refractivity contribution in [2.45, 2.75) is 32.0 Å². The second kappa shape index (κ2) is 7.71. The minimum Gasteiger partial charge on any atom is -0.398 e. The smallest absolute Gasteiger partial charge is 0.398 e. The molecule has 1 aliphatic heterocycles. The summed E-state index contributed by atoms with van der Waals surface area (Å²) in [6.45, 7) is 2.67. The Hall–Kier alpha value is -2.74. The van der Waals surface area contributed by atoms with Gasteiger partial charge in [-0.25, -0.2) is 0 Å². The van der Waals surface area contributed by atoms with Crippen LogP contribution < -0.4 is 16.0 Å². The maximum absolute atomic E-state index is 13.4. The molecule has 1 aliphatic rings. The zero-order chi connectivity index (χ0) is 20.5. The number of anilines is 3. The first-order chi connectivity index (χ1) is 13.1. The van der Waals surface area contributed by atoms with E-state index in [4.69, 9.17) is 5.73 Å². The third kappa shape index (κ3) is 4.56. The number of piperidine rings is 1. The molecular weight excluding hydrogens is 371 g/mol. The maximum atomic E-state index is 13.4. The average molecular weight is 393 g/mol. The highest BCUT2D eigenvalue weighted by Gasteiger charge is 2.32. The summed E-state index contributed by atoms with van der Waals surface area (Å²) < 4.78 is 40.1. The average Bonchev–Trinajstić information content (AvgIpc) is 2.64. The molecule has 8 heteroatoms. The van der Waals surface area contributed by atoms with Crippen molar-refractivity contribution in [1.82, 2.24) is 0 Å². The number of nitrogens with two attached hydrogens (primary N) is 1. The molecule has 1 fully saturated rings. The van der Waals surface area contributed by atoms with E-state index >= 15 is 0 Å². The van der Waals surface area contributed by atoms with Crippen molar-refractivity contribution in [3.8, 4) is 0 Å². The van der Waals surface area contributed by atoms with Crippen LogP contribution in [0.3, 0.4) is 0 Å². The number of carbonyl (C=O) groups is 1. The summed E-state index contributed by atoms with van der Waals surface area (Å²) in [4.78, 5) is 14.4. The first-order valence-corrected chi connectivity index (χ1v) is 8.96. The molecule has 28 heavy (non-hydrogen) atoms. The molecular formula is C20H22F3N3O2. The SMILES string of the molecule is Cc1ccc(NC(=O)c2cc(N3CCC(O)CC3)cc(C(F)(F)F)c2)cc1N. The Balaban J connectivity index is 1.91. The third-order valence-electron chi connectivity index (χ3n) is 4.87. The molecule has 3 rings (SSSR count). The molecule has 150 valence electrons. The number of halogens is 3. The summed E-state index contributed by atoms with van der Waals surface area (Å²) in [7, 11) is 0. The lowest BCUT2D eigenvalue weighted by molar-refractivity contribution is -0.137. The van der Waals surface area contributed by atoms with Crippen LogP contribution >= 0.6 is 0 Å².